The first kappa shape index (κ1) is 49.0. The van der Waals surface area contributed by atoms with Gasteiger partial charge in [-0.1, -0.05) is 241 Å². The van der Waals surface area contributed by atoms with E-state index in [0.717, 1.165) is 17.1 Å². The Kier molecular flexibility index (Phi) is 11.5. The molecule has 2 heteroatoms. The van der Waals surface area contributed by atoms with E-state index in [1.54, 1.807) is 0 Å². The van der Waals surface area contributed by atoms with Crippen LogP contribution < -0.4 is 4.90 Å². The summed E-state index contributed by atoms with van der Waals surface area (Å²) in [5.74, 6) is 0. The molecule has 76 heavy (non-hydrogen) atoms. The van der Waals surface area contributed by atoms with E-state index in [2.05, 4.69) is 299 Å². The second-order valence-electron chi connectivity index (χ2n) is 25.5. The van der Waals surface area contributed by atoms with Gasteiger partial charge < -0.3 is 9.47 Å². The monoisotopic (exact) mass is 987 g/mol. The average Bonchev–Trinajstić information content (AvgIpc) is 3.84. The van der Waals surface area contributed by atoms with Gasteiger partial charge in [-0.2, -0.15) is 0 Å². The molecule has 0 N–H and O–H groups in total. The summed E-state index contributed by atoms with van der Waals surface area (Å²) in [7, 11) is 0. The van der Waals surface area contributed by atoms with Crippen LogP contribution in [0.4, 0.5) is 17.1 Å². The minimum Gasteiger partial charge on any atom is -0.309 e. The summed E-state index contributed by atoms with van der Waals surface area (Å²) in [6.07, 6.45) is 0. The van der Waals surface area contributed by atoms with Gasteiger partial charge in [-0.25, -0.2) is 0 Å². The first-order valence-corrected chi connectivity index (χ1v) is 27.3. The van der Waals surface area contributed by atoms with E-state index >= 15 is 0 Å². The second-order valence-corrected chi connectivity index (χ2v) is 25.5. The van der Waals surface area contributed by atoms with Crippen LogP contribution in [0.5, 0.6) is 0 Å². The minimum atomic E-state index is -0.0399. The zero-order valence-electron chi connectivity index (χ0n) is 46.5. The minimum absolute atomic E-state index is 0.0128. The van der Waals surface area contributed by atoms with Gasteiger partial charge in [0.05, 0.1) is 28.1 Å². The molecule has 12 aromatic rings. The lowest BCUT2D eigenvalue weighted by molar-refractivity contribution is 0.568. The Hall–Kier alpha value is -7.94. The van der Waals surface area contributed by atoms with Crippen LogP contribution in [0.15, 0.2) is 206 Å². The lowest BCUT2D eigenvalue weighted by atomic mass is 9.78. The Morgan fingerprint density at radius 1 is 0.303 bits per heavy atom. The number of anilines is 3. The third-order valence-corrected chi connectivity index (χ3v) is 16.1. The molecule has 1 aromatic heterocycles. The number of fused-ring (bicyclic) bond motifs is 3. The van der Waals surface area contributed by atoms with Crippen molar-refractivity contribution in [2.75, 3.05) is 4.90 Å². The predicted octanol–water partition coefficient (Wildman–Crippen LogP) is 21.3. The van der Waals surface area contributed by atoms with Gasteiger partial charge in [0.25, 0.3) is 0 Å². The van der Waals surface area contributed by atoms with Gasteiger partial charge in [-0.15, -0.1) is 0 Å². The molecular weight excluding hydrogens is 917 g/mol. The first-order chi connectivity index (χ1) is 36.2. The van der Waals surface area contributed by atoms with Gasteiger partial charge in [0.2, 0.25) is 0 Å². The van der Waals surface area contributed by atoms with Crippen LogP contribution in [0.1, 0.15) is 105 Å². The fourth-order valence-corrected chi connectivity index (χ4v) is 11.7. The second kappa shape index (κ2) is 17.8. The molecule has 376 valence electrons. The maximum Gasteiger partial charge on any atom is 0.0541 e. The third kappa shape index (κ3) is 8.53. The summed E-state index contributed by atoms with van der Waals surface area (Å²) in [4.78, 5) is 2.56. The molecule has 0 aliphatic carbocycles. The molecule has 11 aromatic carbocycles. The van der Waals surface area contributed by atoms with Crippen molar-refractivity contribution >= 4 is 71.2 Å². The van der Waals surface area contributed by atoms with Crippen LogP contribution in [0, 0.1) is 0 Å². The van der Waals surface area contributed by atoms with Gasteiger partial charge in [0.1, 0.15) is 0 Å². The average molecular weight is 987 g/mol. The molecule has 0 radical (unpaired) electrons. The molecule has 0 saturated carbocycles. The number of hydrogen-bond donors (Lipinski definition) is 0. The predicted molar refractivity (Wildman–Crippen MR) is 330 cm³/mol. The van der Waals surface area contributed by atoms with Crippen molar-refractivity contribution < 1.29 is 0 Å². The Bertz CT molecular complexity index is 4130. The smallest absolute Gasteiger partial charge is 0.0541 e. The molecule has 0 atom stereocenters. The van der Waals surface area contributed by atoms with Crippen molar-refractivity contribution in [3.8, 4) is 39.1 Å². The maximum atomic E-state index is 2.56. The molecule has 0 aliphatic heterocycles. The van der Waals surface area contributed by atoms with Gasteiger partial charge >= 0.3 is 0 Å². The van der Waals surface area contributed by atoms with E-state index in [-0.39, 0.29) is 21.7 Å². The molecule has 0 bridgehead atoms. The van der Waals surface area contributed by atoms with Gasteiger partial charge in [0, 0.05) is 32.8 Å². The van der Waals surface area contributed by atoms with E-state index < -0.39 is 0 Å². The van der Waals surface area contributed by atoms with Crippen LogP contribution in [0.25, 0.3) is 93.2 Å². The van der Waals surface area contributed by atoms with Crippen molar-refractivity contribution in [2.45, 2.75) is 105 Å². The van der Waals surface area contributed by atoms with Crippen LogP contribution in [0.2, 0.25) is 0 Å². The van der Waals surface area contributed by atoms with E-state index in [1.165, 1.54) is 115 Å². The van der Waals surface area contributed by atoms with Crippen molar-refractivity contribution in [3.05, 3.63) is 229 Å². The molecule has 0 spiro atoms. The zero-order valence-corrected chi connectivity index (χ0v) is 46.5. The number of nitrogens with zero attached hydrogens (tertiary/aromatic N) is 2. The van der Waals surface area contributed by atoms with Crippen LogP contribution in [-0.2, 0) is 21.7 Å². The highest BCUT2D eigenvalue weighted by molar-refractivity contribution is 6.27. The molecule has 12 rings (SSSR count). The number of rotatable bonds is 7. The topological polar surface area (TPSA) is 8.17 Å². The van der Waals surface area contributed by atoms with Crippen molar-refractivity contribution in [1.29, 1.82) is 0 Å². The number of aromatic nitrogens is 1. The molecule has 1 heterocycles. The first-order valence-electron chi connectivity index (χ1n) is 27.3. The highest BCUT2D eigenvalue weighted by Crippen LogP contribution is 2.49. The van der Waals surface area contributed by atoms with E-state index in [9.17, 15) is 0 Å². The van der Waals surface area contributed by atoms with E-state index in [0.29, 0.717) is 0 Å². The fraction of sp³-hybridized carbons (Fsp3) is 0.216. The largest absolute Gasteiger partial charge is 0.309 e. The highest BCUT2D eigenvalue weighted by atomic mass is 15.1. The molecule has 0 aliphatic rings. The molecule has 0 amide bonds. The van der Waals surface area contributed by atoms with E-state index in [1.807, 2.05) is 0 Å². The Morgan fingerprint density at radius 2 is 0.816 bits per heavy atom. The lowest BCUT2D eigenvalue weighted by Crippen LogP contribution is -2.17. The van der Waals surface area contributed by atoms with Gasteiger partial charge in [-0.3, -0.25) is 0 Å². The number of benzene rings is 11. The zero-order chi connectivity index (χ0) is 53.1. The van der Waals surface area contributed by atoms with Crippen molar-refractivity contribution in [3.63, 3.8) is 0 Å². The standard InChI is InChI=1S/C74H70N2/c1-71(2,3)54-39-52(40-55(45-54)72(4,5)6)50-23-20-24-58(43-50)75(64-27-18-16-25-59(64)53-41-56(73(7,8)9)46-57(42-53)74(10,11)12)66-36-31-48-30-35-62-67(37-32-49-29-34-61(66)69(48)70(49)62)76-65-28-19-17-26-60(65)63-44-51(33-38-68(63)76)47-21-14-13-15-22-47/h13-46H,1-12H3. The Balaban J connectivity index is 1.12. The summed E-state index contributed by atoms with van der Waals surface area (Å²) >= 11 is 0. The number of para-hydroxylation sites is 2. The van der Waals surface area contributed by atoms with Crippen LogP contribution in [-0.4, -0.2) is 4.57 Å². The number of hydrogen-bond acceptors (Lipinski definition) is 1. The summed E-state index contributed by atoms with van der Waals surface area (Å²) in [6, 6.07) is 78.4. The fourth-order valence-electron chi connectivity index (χ4n) is 11.7. The molecule has 0 saturated heterocycles. The Morgan fingerprint density at radius 3 is 1.47 bits per heavy atom. The third-order valence-electron chi connectivity index (χ3n) is 16.1. The van der Waals surface area contributed by atoms with E-state index in [4.69, 9.17) is 0 Å². The SMILES string of the molecule is CC(C)(C)c1cc(-c2cccc(N(c3ccccc3-c3cc(C(C)(C)C)cc(C(C)(C)C)c3)c3ccc4ccc5c(-n6c7ccccc7c7cc(-c8ccccc8)ccc76)ccc6ccc3c4c65)c2)cc(C(C)(C)C)c1. The van der Waals surface area contributed by atoms with Crippen LogP contribution in [0.3, 0.4) is 0 Å². The molecule has 0 fully saturated rings. The van der Waals surface area contributed by atoms with Gasteiger partial charge in [0.15, 0.2) is 0 Å². The molecular formula is C74H70N2. The highest BCUT2D eigenvalue weighted by Gasteiger charge is 2.27. The van der Waals surface area contributed by atoms with Crippen molar-refractivity contribution in [1.82, 2.24) is 4.57 Å². The summed E-state index contributed by atoms with van der Waals surface area (Å²) in [5.41, 5.74) is 19.6. The quantitative estimate of drug-likeness (QED) is 0.145. The molecule has 0 unspecified atom stereocenters. The summed E-state index contributed by atoms with van der Waals surface area (Å²) in [6.45, 7) is 28.0. The normalized spacial score (nSPS) is 12.7. The summed E-state index contributed by atoms with van der Waals surface area (Å²) in [5, 5.41) is 9.97. The summed E-state index contributed by atoms with van der Waals surface area (Å²) < 4.78 is 2.50. The van der Waals surface area contributed by atoms with Crippen molar-refractivity contribution in [2.24, 2.45) is 0 Å². The Labute approximate surface area is 450 Å². The lowest BCUT2D eigenvalue weighted by Gasteiger charge is -2.31. The molecule has 2 nitrogen and oxygen atoms in total. The maximum absolute atomic E-state index is 2.56. The van der Waals surface area contributed by atoms with Gasteiger partial charge in [-0.05, 0) is 142 Å². The van der Waals surface area contributed by atoms with Crippen LogP contribution >= 0.6 is 0 Å².